The summed E-state index contributed by atoms with van der Waals surface area (Å²) in [5.41, 5.74) is 0. The van der Waals surface area contributed by atoms with Crippen molar-refractivity contribution < 1.29 is 0 Å². The summed E-state index contributed by atoms with van der Waals surface area (Å²) in [7, 11) is 0. The van der Waals surface area contributed by atoms with E-state index in [2.05, 4.69) is 28.9 Å². The van der Waals surface area contributed by atoms with Crippen molar-refractivity contribution in [2.45, 2.75) is 32.7 Å². The number of rotatable bonds is 1. The molecule has 1 aromatic rings. The molecule has 4 heteroatoms. The second-order valence-corrected chi connectivity index (χ2v) is 4.79. The normalized spacial score (nSPS) is 26.7. The summed E-state index contributed by atoms with van der Waals surface area (Å²) in [6.07, 6.45) is 2.53. The third-order valence-corrected chi connectivity index (χ3v) is 3.23. The van der Waals surface area contributed by atoms with Crippen molar-refractivity contribution in [1.82, 2.24) is 10.2 Å². The Kier molecular flexibility index (Phi) is 3.10. The third-order valence-electron chi connectivity index (χ3n) is 3.03. The van der Waals surface area contributed by atoms with Crippen molar-refractivity contribution in [2.24, 2.45) is 5.92 Å². The molecular weight excluding hydrogens is 210 g/mol. The van der Waals surface area contributed by atoms with E-state index in [1.165, 1.54) is 12.8 Å². The molecule has 2 unspecified atom stereocenters. The van der Waals surface area contributed by atoms with Crippen LogP contribution in [0.4, 0.5) is 5.82 Å². The summed E-state index contributed by atoms with van der Waals surface area (Å²) in [5, 5.41) is 8.47. The molecule has 0 saturated carbocycles. The zero-order valence-corrected chi connectivity index (χ0v) is 9.91. The fourth-order valence-corrected chi connectivity index (χ4v) is 2.17. The first-order valence-corrected chi connectivity index (χ1v) is 5.80. The van der Waals surface area contributed by atoms with Gasteiger partial charge in [0.2, 0.25) is 0 Å². The molecule has 0 spiro atoms. The lowest BCUT2D eigenvalue weighted by Crippen LogP contribution is -2.41. The molecule has 1 aromatic heterocycles. The van der Waals surface area contributed by atoms with Gasteiger partial charge in [0, 0.05) is 12.6 Å². The van der Waals surface area contributed by atoms with Gasteiger partial charge in [-0.25, -0.2) is 0 Å². The van der Waals surface area contributed by atoms with Gasteiger partial charge in [-0.05, 0) is 37.8 Å². The van der Waals surface area contributed by atoms with Crippen LogP contribution in [0.2, 0.25) is 5.15 Å². The lowest BCUT2D eigenvalue weighted by Gasteiger charge is -2.37. The molecule has 15 heavy (non-hydrogen) atoms. The van der Waals surface area contributed by atoms with E-state index in [0.717, 1.165) is 18.3 Å². The summed E-state index contributed by atoms with van der Waals surface area (Å²) < 4.78 is 0. The summed E-state index contributed by atoms with van der Waals surface area (Å²) >= 11 is 5.72. The highest BCUT2D eigenvalue weighted by molar-refractivity contribution is 6.29. The Hall–Kier alpha value is -0.830. The molecule has 0 N–H and O–H groups in total. The smallest absolute Gasteiger partial charge is 0.151 e. The number of anilines is 1. The summed E-state index contributed by atoms with van der Waals surface area (Å²) in [5.74, 6) is 1.68. The zero-order valence-electron chi connectivity index (χ0n) is 9.15. The van der Waals surface area contributed by atoms with Gasteiger partial charge in [-0.3, -0.25) is 0 Å². The number of aromatic nitrogens is 2. The molecule has 0 amide bonds. The van der Waals surface area contributed by atoms with E-state index in [1.54, 1.807) is 6.07 Å². The van der Waals surface area contributed by atoms with Crippen LogP contribution < -0.4 is 4.90 Å². The van der Waals surface area contributed by atoms with Crippen molar-refractivity contribution in [3.63, 3.8) is 0 Å². The Bertz CT molecular complexity index is 325. The molecule has 82 valence electrons. The molecule has 2 atom stereocenters. The van der Waals surface area contributed by atoms with Gasteiger partial charge >= 0.3 is 0 Å². The number of halogens is 1. The average molecular weight is 226 g/mol. The fourth-order valence-electron chi connectivity index (χ4n) is 2.07. The van der Waals surface area contributed by atoms with Crippen molar-refractivity contribution in [3.05, 3.63) is 17.3 Å². The summed E-state index contributed by atoms with van der Waals surface area (Å²) in [6, 6.07) is 4.30. The van der Waals surface area contributed by atoms with Crippen LogP contribution in [-0.2, 0) is 0 Å². The Morgan fingerprint density at radius 1 is 1.27 bits per heavy atom. The molecule has 2 heterocycles. The molecule has 1 aliphatic heterocycles. The quantitative estimate of drug-likeness (QED) is 0.736. The second-order valence-electron chi connectivity index (χ2n) is 4.40. The van der Waals surface area contributed by atoms with E-state index in [1.807, 2.05) is 6.07 Å². The monoisotopic (exact) mass is 225 g/mol. The lowest BCUT2D eigenvalue weighted by atomic mass is 9.95. The summed E-state index contributed by atoms with van der Waals surface area (Å²) in [4.78, 5) is 2.32. The van der Waals surface area contributed by atoms with Gasteiger partial charge < -0.3 is 4.90 Å². The maximum Gasteiger partial charge on any atom is 0.151 e. The topological polar surface area (TPSA) is 29.0 Å². The number of hydrogen-bond donors (Lipinski definition) is 0. The molecule has 0 bridgehead atoms. The van der Waals surface area contributed by atoms with Crippen LogP contribution in [0.25, 0.3) is 0 Å². The van der Waals surface area contributed by atoms with Gasteiger partial charge in [0.05, 0.1) is 0 Å². The zero-order chi connectivity index (χ0) is 10.8. The molecule has 1 saturated heterocycles. The van der Waals surface area contributed by atoms with Crippen LogP contribution in [0.1, 0.15) is 26.7 Å². The predicted molar refractivity (Wildman–Crippen MR) is 62.2 cm³/mol. The molecule has 0 aliphatic carbocycles. The molecule has 0 radical (unpaired) electrons. The Morgan fingerprint density at radius 2 is 2.07 bits per heavy atom. The minimum absolute atomic E-state index is 0.455. The minimum atomic E-state index is 0.455. The van der Waals surface area contributed by atoms with Gasteiger partial charge in [0.25, 0.3) is 0 Å². The Labute approximate surface area is 95.5 Å². The van der Waals surface area contributed by atoms with Crippen LogP contribution >= 0.6 is 11.6 Å². The second kappa shape index (κ2) is 4.35. The van der Waals surface area contributed by atoms with E-state index in [0.29, 0.717) is 11.2 Å². The molecule has 3 nitrogen and oxygen atoms in total. The van der Waals surface area contributed by atoms with Crippen LogP contribution in [-0.4, -0.2) is 22.8 Å². The molecule has 1 aliphatic rings. The van der Waals surface area contributed by atoms with Crippen LogP contribution in [0.3, 0.4) is 0 Å². The van der Waals surface area contributed by atoms with Crippen molar-refractivity contribution in [2.75, 3.05) is 11.4 Å². The van der Waals surface area contributed by atoms with Gasteiger partial charge in [0.1, 0.15) is 0 Å². The maximum absolute atomic E-state index is 5.72. The van der Waals surface area contributed by atoms with Gasteiger partial charge in [0.15, 0.2) is 11.0 Å². The highest BCUT2D eigenvalue weighted by Crippen LogP contribution is 2.25. The van der Waals surface area contributed by atoms with Crippen LogP contribution in [0, 0.1) is 5.92 Å². The minimum Gasteiger partial charge on any atom is -0.352 e. The number of piperidine rings is 1. The summed E-state index contributed by atoms with van der Waals surface area (Å²) in [6.45, 7) is 5.59. The van der Waals surface area contributed by atoms with E-state index in [-0.39, 0.29) is 0 Å². The number of hydrogen-bond acceptors (Lipinski definition) is 3. The highest BCUT2D eigenvalue weighted by atomic mass is 35.5. The van der Waals surface area contributed by atoms with Gasteiger partial charge in [-0.1, -0.05) is 18.5 Å². The largest absolute Gasteiger partial charge is 0.352 e. The standard InChI is InChI=1S/C11H16ClN3/c1-8-3-4-9(2)15(7-8)11-6-5-10(12)13-14-11/h5-6,8-9H,3-4,7H2,1-2H3. The van der Waals surface area contributed by atoms with Gasteiger partial charge in [-0.2, -0.15) is 0 Å². The molecule has 1 fully saturated rings. The molecule has 0 aromatic carbocycles. The third kappa shape index (κ3) is 2.40. The van der Waals surface area contributed by atoms with E-state index in [9.17, 15) is 0 Å². The van der Waals surface area contributed by atoms with Crippen LogP contribution in [0.5, 0.6) is 0 Å². The predicted octanol–water partition coefficient (Wildman–Crippen LogP) is 2.75. The highest BCUT2D eigenvalue weighted by Gasteiger charge is 2.23. The maximum atomic E-state index is 5.72. The van der Waals surface area contributed by atoms with Crippen molar-refractivity contribution in [3.8, 4) is 0 Å². The van der Waals surface area contributed by atoms with E-state index < -0.39 is 0 Å². The lowest BCUT2D eigenvalue weighted by molar-refractivity contribution is 0.387. The molecule has 2 rings (SSSR count). The van der Waals surface area contributed by atoms with E-state index >= 15 is 0 Å². The Morgan fingerprint density at radius 3 is 2.73 bits per heavy atom. The molecular formula is C11H16ClN3. The number of nitrogens with zero attached hydrogens (tertiary/aromatic N) is 3. The average Bonchev–Trinajstić information content (AvgIpc) is 2.23. The first-order valence-electron chi connectivity index (χ1n) is 5.42. The van der Waals surface area contributed by atoms with E-state index in [4.69, 9.17) is 11.6 Å². The fraction of sp³-hybridized carbons (Fsp3) is 0.636. The Balaban J connectivity index is 2.17. The first-order chi connectivity index (χ1) is 7.16. The van der Waals surface area contributed by atoms with Crippen molar-refractivity contribution >= 4 is 17.4 Å². The van der Waals surface area contributed by atoms with Crippen LogP contribution in [0.15, 0.2) is 12.1 Å². The van der Waals surface area contributed by atoms with Gasteiger partial charge in [-0.15, -0.1) is 10.2 Å². The SMILES string of the molecule is CC1CCC(C)N(c2ccc(Cl)nn2)C1. The first kappa shape index (κ1) is 10.7. The van der Waals surface area contributed by atoms with Crippen molar-refractivity contribution in [1.29, 1.82) is 0 Å².